The van der Waals surface area contributed by atoms with Crippen LogP contribution in [0, 0.1) is 0 Å². The average molecular weight is 390 g/mol. The van der Waals surface area contributed by atoms with Crippen LogP contribution < -0.4 is 5.32 Å². The van der Waals surface area contributed by atoms with Gasteiger partial charge in [-0.1, -0.05) is 49.4 Å². The van der Waals surface area contributed by atoms with E-state index in [1.54, 1.807) is 24.3 Å². The first-order valence-electron chi connectivity index (χ1n) is 9.13. The smallest absolute Gasteiger partial charge is 0.350 e. The van der Waals surface area contributed by atoms with Crippen LogP contribution in [0.15, 0.2) is 48.5 Å². The summed E-state index contributed by atoms with van der Waals surface area (Å²) in [7, 11) is 0. The van der Waals surface area contributed by atoms with Gasteiger partial charge in [0.1, 0.15) is 6.04 Å². The van der Waals surface area contributed by atoms with Gasteiger partial charge in [0.05, 0.1) is 12.0 Å². The summed E-state index contributed by atoms with van der Waals surface area (Å²) in [5, 5.41) is 2.60. The Bertz CT molecular complexity index is 880. The summed E-state index contributed by atoms with van der Waals surface area (Å²) in [5.74, 6) is -0.637. The summed E-state index contributed by atoms with van der Waals surface area (Å²) >= 11 is 0. The molecule has 0 bridgehead atoms. The van der Waals surface area contributed by atoms with Crippen LogP contribution in [0.5, 0.6) is 0 Å². The number of nitrogens with zero attached hydrogens (tertiary/aromatic N) is 1. The standard InChI is InChI=1S/C21H21F3N2O2/c1-2-11-26-18(27)12-14-7-3-5-9-16(14)19(26)20(28)25-13-15-8-4-6-10-17(15)21(22,23)24/h3-10,19H,2,11-13H2,1H3,(H,25,28). The Hall–Kier alpha value is -2.83. The van der Waals surface area contributed by atoms with Crippen LogP contribution in [0.1, 0.15) is 41.6 Å². The largest absolute Gasteiger partial charge is 0.416 e. The van der Waals surface area contributed by atoms with Gasteiger partial charge >= 0.3 is 6.18 Å². The molecule has 1 aliphatic heterocycles. The van der Waals surface area contributed by atoms with Crippen molar-refractivity contribution in [2.75, 3.05) is 6.54 Å². The average Bonchev–Trinajstić information content (AvgIpc) is 2.66. The fraction of sp³-hybridized carbons (Fsp3) is 0.333. The maximum atomic E-state index is 13.2. The number of nitrogens with one attached hydrogen (secondary N) is 1. The van der Waals surface area contributed by atoms with Crippen molar-refractivity contribution in [3.8, 4) is 0 Å². The zero-order valence-electron chi connectivity index (χ0n) is 15.4. The second kappa shape index (κ2) is 8.04. The first kappa shape index (κ1) is 19.9. The van der Waals surface area contributed by atoms with Gasteiger partial charge < -0.3 is 10.2 Å². The van der Waals surface area contributed by atoms with Crippen LogP contribution in [-0.2, 0) is 28.7 Å². The number of alkyl halides is 3. The molecule has 0 saturated heterocycles. The third-order valence-electron chi connectivity index (χ3n) is 4.81. The molecule has 0 aliphatic carbocycles. The zero-order chi connectivity index (χ0) is 20.3. The molecule has 0 aromatic heterocycles. The summed E-state index contributed by atoms with van der Waals surface area (Å²) in [5.41, 5.74) is 0.703. The molecule has 0 fully saturated rings. The van der Waals surface area contributed by atoms with E-state index in [1.165, 1.54) is 23.1 Å². The molecule has 28 heavy (non-hydrogen) atoms. The predicted octanol–water partition coefficient (Wildman–Crippen LogP) is 3.86. The minimum atomic E-state index is -4.50. The highest BCUT2D eigenvalue weighted by Gasteiger charge is 2.37. The Morgan fingerprint density at radius 2 is 1.82 bits per heavy atom. The van der Waals surface area contributed by atoms with Crippen LogP contribution in [0.2, 0.25) is 0 Å². The molecule has 1 aliphatic rings. The molecule has 2 aromatic rings. The van der Waals surface area contributed by atoms with Crippen molar-refractivity contribution in [3.05, 3.63) is 70.8 Å². The molecule has 7 heteroatoms. The number of fused-ring (bicyclic) bond motifs is 1. The fourth-order valence-corrected chi connectivity index (χ4v) is 3.55. The van der Waals surface area contributed by atoms with Crippen molar-refractivity contribution in [1.29, 1.82) is 0 Å². The highest BCUT2D eigenvalue weighted by Crippen LogP contribution is 2.33. The van der Waals surface area contributed by atoms with Gasteiger partial charge in [0.2, 0.25) is 11.8 Å². The minimum Gasteiger partial charge on any atom is -0.350 e. The molecule has 3 rings (SSSR count). The lowest BCUT2D eigenvalue weighted by atomic mass is 9.91. The maximum absolute atomic E-state index is 13.2. The van der Waals surface area contributed by atoms with Crippen molar-refractivity contribution >= 4 is 11.8 Å². The molecule has 1 unspecified atom stereocenters. The second-order valence-corrected chi connectivity index (χ2v) is 6.74. The van der Waals surface area contributed by atoms with E-state index in [-0.39, 0.29) is 24.4 Å². The van der Waals surface area contributed by atoms with E-state index in [4.69, 9.17) is 0 Å². The third-order valence-corrected chi connectivity index (χ3v) is 4.81. The Labute approximate surface area is 161 Å². The van der Waals surface area contributed by atoms with Gasteiger partial charge in [-0.3, -0.25) is 9.59 Å². The molecular formula is C21H21F3N2O2. The molecule has 2 amide bonds. The summed E-state index contributed by atoms with van der Waals surface area (Å²) < 4.78 is 39.5. The van der Waals surface area contributed by atoms with Crippen LogP contribution in [-0.4, -0.2) is 23.3 Å². The zero-order valence-corrected chi connectivity index (χ0v) is 15.4. The fourth-order valence-electron chi connectivity index (χ4n) is 3.55. The van der Waals surface area contributed by atoms with Crippen LogP contribution in [0.25, 0.3) is 0 Å². The van der Waals surface area contributed by atoms with Crippen LogP contribution >= 0.6 is 0 Å². The second-order valence-electron chi connectivity index (χ2n) is 6.74. The lowest BCUT2D eigenvalue weighted by Crippen LogP contribution is -2.47. The molecule has 0 radical (unpaired) electrons. The Morgan fingerprint density at radius 1 is 1.14 bits per heavy atom. The Kier molecular flexibility index (Phi) is 5.72. The summed E-state index contributed by atoms with van der Waals surface area (Å²) in [4.78, 5) is 27.0. The van der Waals surface area contributed by atoms with Gasteiger partial charge in [-0.2, -0.15) is 13.2 Å². The quantitative estimate of drug-likeness (QED) is 0.843. The van der Waals surface area contributed by atoms with Gasteiger partial charge in [-0.05, 0) is 29.2 Å². The monoisotopic (exact) mass is 390 g/mol. The molecule has 2 aromatic carbocycles. The van der Waals surface area contributed by atoms with Crippen molar-refractivity contribution in [1.82, 2.24) is 10.2 Å². The Balaban J connectivity index is 1.86. The van der Waals surface area contributed by atoms with Crippen molar-refractivity contribution in [2.24, 2.45) is 0 Å². The minimum absolute atomic E-state index is 0.0131. The topological polar surface area (TPSA) is 49.4 Å². The van der Waals surface area contributed by atoms with Gasteiger partial charge in [0, 0.05) is 13.1 Å². The molecule has 1 atom stereocenters. The number of carbonyl (C=O) groups excluding carboxylic acids is 2. The SMILES string of the molecule is CCCN1C(=O)Cc2ccccc2C1C(=O)NCc1ccccc1C(F)(F)F. The summed E-state index contributed by atoms with van der Waals surface area (Å²) in [6.45, 7) is 2.05. The first-order valence-corrected chi connectivity index (χ1v) is 9.13. The van der Waals surface area contributed by atoms with Crippen molar-refractivity contribution in [3.63, 3.8) is 0 Å². The molecule has 148 valence electrons. The van der Waals surface area contributed by atoms with Crippen molar-refractivity contribution < 1.29 is 22.8 Å². The maximum Gasteiger partial charge on any atom is 0.416 e. The number of carbonyl (C=O) groups is 2. The molecule has 4 nitrogen and oxygen atoms in total. The van der Waals surface area contributed by atoms with Crippen LogP contribution in [0.4, 0.5) is 13.2 Å². The highest BCUT2D eigenvalue weighted by molar-refractivity contribution is 5.92. The first-order chi connectivity index (χ1) is 13.3. The number of hydrogen-bond acceptors (Lipinski definition) is 2. The van der Waals surface area contributed by atoms with E-state index in [9.17, 15) is 22.8 Å². The van der Waals surface area contributed by atoms with Crippen molar-refractivity contribution in [2.45, 2.75) is 38.5 Å². The number of amides is 2. The summed E-state index contributed by atoms with van der Waals surface area (Å²) in [6.07, 6.45) is -3.60. The van der Waals surface area contributed by atoms with E-state index in [1.807, 2.05) is 6.92 Å². The van der Waals surface area contributed by atoms with Crippen LogP contribution in [0.3, 0.4) is 0 Å². The number of halogens is 3. The highest BCUT2D eigenvalue weighted by atomic mass is 19.4. The van der Waals surface area contributed by atoms with E-state index >= 15 is 0 Å². The molecule has 0 spiro atoms. The number of rotatable bonds is 5. The van der Waals surface area contributed by atoms with E-state index in [0.29, 0.717) is 13.0 Å². The van der Waals surface area contributed by atoms with Gasteiger partial charge in [0.15, 0.2) is 0 Å². The third kappa shape index (κ3) is 4.03. The molecule has 1 N–H and O–H groups in total. The van der Waals surface area contributed by atoms with E-state index < -0.39 is 23.7 Å². The normalized spacial score (nSPS) is 16.6. The Morgan fingerprint density at radius 3 is 2.54 bits per heavy atom. The molecule has 1 heterocycles. The van der Waals surface area contributed by atoms with Gasteiger partial charge in [-0.15, -0.1) is 0 Å². The van der Waals surface area contributed by atoms with E-state index in [0.717, 1.165) is 17.2 Å². The molecule has 0 saturated carbocycles. The van der Waals surface area contributed by atoms with Gasteiger partial charge in [0.25, 0.3) is 0 Å². The lowest BCUT2D eigenvalue weighted by Gasteiger charge is -2.36. The number of hydrogen-bond donors (Lipinski definition) is 1. The van der Waals surface area contributed by atoms with Gasteiger partial charge in [-0.25, -0.2) is 0 Å². The lowest BCUT2D eigenvalue weighted by molar-refractivity contribution is -0.141. The predicted molar refractivity (Wildman–Crippen MR) is 98.2 cm³/mol. The summed E-state index contributed by atoms with van der Waals surface area (Å²) in [6, 6.07) is 11.5. The number of benzene rings is 2. The molecular weight excluding hydrogens is 369 g/mol. The van der Waals surface area contributed by atoms with E-state index in [2.05, 4.69) is 5.32 Å².